The minimum absolute atomic E-state index is 0.283. The van der Waals surface area contributed by atoms with Gasteiger partial charge in [0.15, 0.2) is 5.89 Å². The first-order chi connectivity index (χ1) is 10.2. The fourth-order valence-electron chi connectivity index (χ4n) is 1.97. The molecule has 2 aromatic rings. The van der Waals surface area contributed by atoms with Gasteiger partial charge in [-0.05, 0) is 37.1 Å². The molecule has 0 spiro atoms. The number of nitrogens with zero attached hydrogens (tertiary/aromatic N) is 1. The van der Waals surface area contributed by atoms with E-state index in [0.29, 0.717) is 30.8 Å². The molecule has 0 radical (unpaired) electrons. The summed E-state index contributed by atoms with van der Waals surface area (Å²) < 4.78 is 18.2. The third-order valence-corrected chi connectivity index (χ3v) is 3.11. The van der Waals surface area contributed by atoms with Crippen LogP contribution in [0.15, 0.2) is 34.9 Å². The van der Waals surface area contributed by atoms with E-state index >= 15 is 0 Å². The van der Waals surface area contributed by atoms with Gasteiger partial charge in [0.05, 0.1) is 0 Å². The molecule has 1 amide bonds. The lowest BCUT2D eigenvalue weighted by atomic mass is 10.1. The van der Waals surface area contributed by atoms with Crippen LogP contribution in [0.5, 0.6) is 0 Å². The minimum Gasteiger partial charge on any atom is -0.448 e. The standard InChI is InChI=1S/C15H17FN2O3/c16-12-8-6-11(7-9-12)13-10-21-15(17-13)5-3-1-2-4-14(19)18-20/h6-10,20H,1-5H2,(H,18,19). The Kier molecular flexibility index (Phi) is 5.45. The SMILES string of the molecule is O=C(CCCCCc1nc(-c2ccc(F)cc2)co1)NO. The molecule has 0 atom stereocenters. The lowest BCUT2D eigenvalue weighted by molar-refractivity contribution is -0.129. The maximum Gasteiger partial charge on any atom is 0.243 e. The van der Waals surface area contributed by atoms with Crippen LogP contribution >= 0.6 is 0 Å². The quantitative estimate of drug-likeness (QED) is 0.467. The van der Waals surface area contributed by atoms with Crippen molar-refractivity contribution in [2.75, 3.05) is 0 Å². The zero-order valence-electron chi connectivity index (χ0n) is 11.5. The predicted octanol–water partition coefficient (Wildman–Crippen LogP) is 3.09. The molecule has 0 bridgehead atoms. The molecule has 0 aliphatic heterocycles. The van der Waals surface area contributed by atoms with E-state index in [0.717, 1.165) is 18.4 Å². The van der Waals surface area contributed by atoms with Crippen molar-refractivity contribution in [1.82, 2.24) is 10.5 Å². The molecule has 0 aliphatic carbocycles. The number of unbranched alkanes of at least 4 members (excludes halogenated alkanes) is 2. The first-order valence-corrected chi connectivity index (χ1v) is 6.82. The van der Waals surface area contributed by atoms with Gasteiger partial charge in [-0.15, -0.1) is 0 Å². The maximum atomic E-state index is 12.8. The molecule has 1 heterocycles. The van der Waals surface area contributed by atoms with Crippen molar-refractivity contribution in [2.45, 2.75) is 32.1 Å². The minimum atomic E-state index is -0.371. The van der Waals surface area contributed by atoms with E-state index in [1.54, 1.807) is 23.9 Å². The second-order valence-electron chi connectivity index (χ2n) is 4.73. The normalized spacial score (nSPS) is 10.6. The number of rotatable bonds is 7. The number of oxazole rings is 1. The van der Waals surface area contributed by atoms with Crippen molar-refractivity contribution in [3.8, 4) is 11.3 Å². The largest absolute Gasteiger partial charge is 0.448 e. The summed E-state index contributed by atoms with van der Waals surface area (Å²) in [6, 6.07) is 6.08. The number of hydrogen-bond donors (Lipinski definition) is 2. The number of nitrogens with one attached hydrogen (secondary N) is 1. The Bertz CT molecular complexity index is 581. The Morgan fingerprint density at radius 2 is 2.00 bits per heavy atom. The van der Waals surface area contributed by atoms with Crippen molar-refractivity contribution in [2.24, 2.45) is 0 Å². The highest BCUT2D eigenvalue weighted by Crippen LogP contribution is 2.19. The van der Waals surface area contributed by atoms with E-state index in [2.05, 4.69) is 4.98 Å². The molecule has 1 aromatic heterocycles. The van der Waals surface area contributed by atoms with Crippen molar-refractivity contribution in [3.05, 3.63) is 42.2 Å². The number of aromatic nitrogens is 1. The van der Waals surface area contributed by atoms with E-state index in [1.807, 2.05) is 0 Å². The lowest BCUT2D eigenvalue weighted by Crippen LogP contribution is -2.17. The molecule has 21 heavy (non-hydrogen) atoms. The second-order valence-corrected chi connectivity index (χ2v) is 4.73. The molecule has 6 heteroatoms. The van der Waals surface area contributed by atoms with Crippen LogP contribution in [0.4, 0.5) is 4.39 Å². The van der Waals surface area contributed by atoms with Crippen LogP contribution in [0.2, 0.25) is 0 Å². The van der Waals surface area contributed by atoms with Gasteiger partial charge in [-0.25, -0.2) is 14.9 Å². The molecule has 5 nitrogen and oxygen atoms in total. The molecular formula is C15H17FN2O3. The number of carbonyl (C=O) groups excluding carboxylic acids is 1. The third-order valence-electron chi connectivity index (χ3n) is 3.11. The number of benzene rings is 1. The molecule has 2 rings (SSSR count). The number of aryl methyl sites for hydroxylation is 1. The number of halogens is 1. The molecule has 0 saturated heterocycles. The first-order valence-electron chi connectivity index (χ1n) is 6.82. The van der Waals surface area contributed by atoms with Crippen LogP contribution in [-0.2, 0) is 11.2 Å². The van der Waals surface area contributed by atoms with Crippen LogP contribution in [0.1, 0.15) is 31.6 Å². The molecule has 1 aromatic carbocycles. The Balaban J connectivity index is 1.78. The molecule has 0 aliphatic rings. The smallest absolute Gasteiger partial charge is 0.243 e. The van der Waals surface area contributed by atoms with Crippen LogP contribution in [-0.4, -0.2) is 16.1 Å². The number of carbonyl (C=O) groups is 1. The maximum absolute atomic E-state index is 12.8. The topological polar surface area (TPSA) is 75.4 Å². The molecule has 2 N–H and O–H groups in total. The van der Waals surface area contributed by atoms with E-state index in [9.17, 15) is 9.18 Å². The summed E-state index contributed by atoms with van der Waals surface area (Å²) >= 11 is 0. The van der Waals surface area contributed by atoms with Gasteiger partial charge in [-0.1, -0.05) is 6.42 Å². The van der Waals surface area contributed by atoms with Crippen molar-refractivity contribution >= 4 is 5.91 Å². The monoisotopic (exact) mass is 292 g/mol. The van der Waals surface area contributed by atoms with Crippen LogP contribution < -0.4 is 5.48 Å². The number of hydroxylamine groups is 1. The summed E-state index contributed by atoms with van der Waals surface area (Å²) in [6.07, 6.45) is 4.95. The van der Waals surface area contributed by atoms with Gasteiger partial charge in [0.25, 0.3) is 0 Å². The lowest BCUT2D eigenvalue weighted by Gasteiger charge is -1.98. The predicted molar refractivity (Wildman–Crippen MR) is 74.0 cm³/mol. The number of amides is 1. The average molecular weight is 292 g/mol. The summed E-state index contributed by atoms with van der Waals surface area (Å²) in [5.41, 5.74) is 3.10. The highest BCUT2D eigenvalue weighted by atomic mass is 19.1. The summed E-state index contributed by atoms with van der Waals surface area (Å²) in [5, 5.41) is 8.35. The highest BCUT2D eigenvalue weighted by Gasteiger charge is 2.06. The van der Waals surface area contributed by atoms with Crippen LogP contribution in [0.3, 0.4) is 0 Å². The highest BCUT2D eigenvalue weighted by molar-refractivity contribution is 5.74. The molecule has 0 fully saturated rings. The van der Waals surface area contributed by atoms with Gasteiger partial charge < -0.3 is 4.42 Å². The van der Waals surface area contributed by atoms with Gasteiger partial charge in [-0.3, -0.25) is 10.0 Å². The van der Waals surface area contributed by atoms with Crippen LogP contribution in [0, 0.1) is 5.82 Å². The molecule has 112 valence electrons. The Morgan fingerprint density at radius 1 is 1.24 bits per heavy atom. The summed E-state index contributed by atoms with van der Waals surface area (Å²) in [5.74, 6) is -0.0277. The zero-order valence-corrected chi connectivity index (χ0v) is 11.5. The Hall–Kier alpha value is -2.21. The van der Waals surface area contributed by atoms with Crippen molar-refractivity contribution < 1.29 is 18.8 Å². The summed E-state index contributed by atoms with van der Waals surface area (Å²) in [4.78, 5) is 15.2. The van der Waals surface area contributed by atoms with Crippen molar-refractivity contribution in [1.29, 1.82) is 0 Å². The van der Waals surface area contributed by atoms with Crippen LogP contribution in [0.25, 0.3) is 11.3 Å². The Labute approximate surface area is 121 Å². The Morgan fingerprint density at radius 3 is 2.71 bits per heavy atom. The molecular weight excluding hydrogens is 275 g/mol. The summed E-state index contributed by atoms with van der Waals surface area (Å²) in [6.45, 7) is 0. The fourth-order valence-corrected chi connectivity index (χ4v) is 1.97. The van der Waals surface area contributed by atoms with E-state index in [-0.39, 0.29) is 11.7 Å². The van der Waals surface area contributed by atoms with Gasteiger partial charge in [0.1, 0.15) is 17.8 Å². The average Bonchev–Trinajstić information content (AvgIpc) is 2.96. The zero-order chi connectivity index (χ0) is 15.1. The van der Waals surface area contributed by atoms with E-state index < -0.39 is 0 Å². The first kappa shape index (κ1) is 15.2. The van der Waals surface area contributed by atoms with E-state index in [4.69, 9.17) is 9.62 Å². The van der Waals surface area contributed by atoms with Gasteiger partial charge in [-0.2, -0.15) is 0 Å². The summed E-state index contributed by atoms with van der Waals surface area (Å²) in [7, 11) is 0. The van der Waals surface area contributed by atoms with Gasteiger partial charge in [0.2, 0.25) is 5.91 Å². The fraction of sp³-hybridized carbons (Fsp3) is 0.333. The number of hydrogen-bond acceptors (Lipinski definition) is 4. The molecule has 0 saturated carbocycles. The van der Waals surface area contributed by atoms with Gasteiger partial charge >= 0.3 is 0 Å². The van der Waals surface area contributed by atoms with Gasteiger partial charge in [0, 0.05) is 18.4 Å². The third kappa shape index (κ3) is 4.68. The van der Waals surface area contributed by atoms with E-state index in [1.165, 1.54) is 12.1 Å². The van der Waals surface area contributed by atoms with Crippen molar-refractivity contribution in [3.63, 3.8) is 0 Å². The molecule has 0 unspecified atom stereocenters. The second kappa shape index (κ2) is 7.54.